The van der Waals surface area contributed by atoms with Gasteiger partial charge in [-0.05, 0) is 30.9 Å². The average molecular weight is 382 g/mol. The van der Waals surface area contributed by atoms with Crippen LogP contribution in [-0.4, -0.2) is 35.2 Å². The molecule has 3 rings (SSSR count). The highest BCUT2D eigenvalue weighted by molar-refractivity contribution is 6.01. The normalized spacial score (nSPS) is 18.1. The third kappa shape index (κ3) is 3.50. The van der Waals surface area contributed by atoms with Crippen molar-refractivity contribution in [2.24, 2.45) is 0 Å². The van der Waals surface area contributed by atoms with Gasteiger partial charge in [0.25, 0.3) is 5.91 Å². The van der Waals surface area contributed by atoms with E-state index in [1.807, 2.05) is 34.9 Å². The smallest absolute Gasteiger partial charge is 0.302 e. The molecule has 1 aromatic heterocycles. The van der Waals surface area contributed by atoms with E-state index in [-0.39, 0.29) is 11.9 Å². The predicted octanol–water partition coefficient (Wildman–Crippen LogP) is 3.85. The molecular weight excluding hydrogens is 356 g/mol. The van der Waals surface area contributed by atoms with Crippen LogP contribution in [0.15, 0.2) is 30.3 Å². The molecule has 0 N–H and O–H groups in total. The summed E-state index contributed by atoms with van der Waals surface area (Å²) in [5, 5.41) is 2.42. The second-order valence-corrected chi connectivity index (χ2v) is 6.87. The number of esters is 1. The lowest BCUT2D eigenvalue weighted by Gasteiger charge is -2.34. The molecule has 0 fully saturated rings. The van der Waals surface area contributed by atoms with Crippen molar-refractivity contribution >= 4 is 22.8 Å². The minimum Gasteiger partial charge on any atom is -0.466 e. The average Bonchev–Trinajstić information content (AvgIpc) is 3.17. The van der Waals surface area contributed by atoms with Crippen LogP contribution in [0.25, 0.3) is 10.9 Å². The molecule has 0 radical (unpaired) electrons. The van der Waals surface area contributed by atoms with E-state index >= 15 is 0 Å². The summed E-state index contributed by atoms with van der Waals surface area (Å²) in [7, 11) is 1.51. The molecule has 1 aromatic carbocycles. The van der Waals surface area contributed by atoms with Crippen LogP contribution in [0.1, 0.15) is 56.4 Å². The number of ether oxygens (including phenoxy) is 1. The van der Waals surface area contributed by atoms with Gasteiger partial charge in [-0.2, -0.15) is 5.06 Å². The van der Waals surface area contributed by atoms with Crippen LogP contribution in [0.4, 0.5) is 0 Å². The van der Waals surface area contributed by atoms with Crippen molar-refractivity contribution in [3.05, 3.63) is 36.0 Å². The molecule has 1 amide bonds. The first-order valence-electron chi connectivity index (χ1n) is 9.68. The fraction of sp³-hybridized carbons (Fsp3) is 0.455. The number of hydroxylamine groups is 2. The van der Waals surface area contributed by atoms with Gasteiger partial charge in [-0.3, -0.25) is 19.0 Å². The molecule has 0 saturated carbocycles. The molecule has 148 valence electrons. The van der Waals surface area contributed by atoms with Crippen molar-refractivity contribution in [1.29, 1.82) is 0 Å². The number of aromatic nitrogens is 1. The Labute approximate surface area is 165 Å². The Bertz CT molecular complexity index is 937. The molecule has 1 aliphatic heterocycles. The van der Waals surface area contributed by atoms with Crippen molar-refractivity contribution in [3.63, 3.8) is 0 Å². The van der Waals surface area contributed by atoms with Crippen molar-refractivity contribution < 1.29 is 19.2 Å². The van der Waals surface area contributed by atoms with Crippen LogP contribution in [0, 0.1) is 11.8 Å². The quantitative estimate of drug-likeness (QED) is 0.415. The maximum absolute atomic E-state index is 13.0. The summed E-state index contributed by atoms with van der Waals surface area (Å²) < 4.78 is 6.98. The predicted molar refractivity (Wildman–Crippen MR) is 106 cm³/mol. The number of carbonyl (C=O) groups is 2. The fourth-order valence-electron chi connectivity index (χ4n) is 3.69. The number of hydrogen-bond acceptors (Lipinski definition) is 4. The van der Waals surface area contributed by atoms with Crippen molar-refractivity contribution in [2.45, 2.75) is 51.6 Å². The summed E-state index contributed by atoms with van der Waals surface area (Å²) in [6, 6.07) is 9.84. The zero-order chi connectivity index (χ0) is 20.1. The Kier molecular flexibility index (Phi) is 6.05. The number of benzene rings is 1. The summed E-state index contributed by atoms with van der Waals surface area (Å²) in [5.41, 5.74) is 0.686. The number of amides is 1. The molecule has 1 unspecified atom stereocenters. The van der Waals surface area contributed by atoms with E-state index in [0.29, 0.717) is 31.6 Å². The largest absolute Gasteiger partial charge is 0.466 e. The Morgan fingerprint density at radius 2 is 2.04 bits per heavy atom. The second kappa shape index (κ2) is 8.49. The monoisotopic (exact) mass is 382 g/mol. The van der Waals surface area contributed by atoms with Crippen LogP contribution in [0.3, 0.4) is 0 Å². The van der Waals surface area contributed by atoms with Crippen LogP contribution in [0.2, 0.25) is 0 Å². The number of nitrogens with zero attached hydrogens (tertiary/aromatic N) is 2. The molecule has 0 aliphatic carbocycles. The summed E-state index contributed by atoms with van der Waals surface area (Å²) in [4.78, 5) is 29.5. The topological polar surface area (TPSA) is 60.8 Å². The molecule has 0 spiro atoms. The molecule has 1 aliphatic rings. The second-order valence-electron chi connectivity index (χ2n) is 6.87. The standard InChI is InChI=1S/C22H26N2O4/c1-4-5-13-22(14-9-6-10-15-28-17(2)25)23-19-12-8-7-11-18(19)16-20(23)21(26)24(22)27-3/h7-8,11-12,16H,4-6,10,13,15H2,1-3H3. The highest BCUT2D eigenvalue weighted by atomic mass is 16.7. The van der Waals surface area contributed by atoms with Gasteiger partial charge in [-0.25, -0.2) is 0 Å². The molecule has 6 heteroatoms. The third-order valence-electron chi connectivity index (χ3n) is 4.92. The Morgan fingerprint density at radius 1 is 1.25 bits per heavy atom. The number of para-hydroxylation sites is 1. The maximum atomic E-state index is 13.0. The number of unbranched alkanes of at least 4 members (excludes halogenated alkanes) is 2. The Morgan fingerprint density at radius 3 is 2.75 bits per heavy atom. The molecule has 0 bridgehead atoms. The van der Waals surface area contributed by atoms with Gasteiger partial charge in [0.15, 0.2) is 0 Å². The van der Waals surface area contributed by atoms with Gasteiger partial charge in [0, 0.05) is 25.2 Å². The molecule has 2 heterocycles. The van der Waals surface area contributed by atoms with E-state index in [0.717, 1.165) is 23.7 Å². The Hall–Kier alpha value is -2.78. The van der Waals surface area contributed by atoms with Crippen LogP contribution in [-0.2, 0) is 20.0 Å². The van der Waals surface area contributed by atoms with Gasteiger partial charge in [0.05, 0.1) is 19.2 Å². The van der Waals surface area contributed by atoms with E-state index in [4.69, 9.17) is 9.57 Å². The van der Waals surface area contributed by atoms with Crippen LogP contribution in [0.5, 0.6) is 0 Å². The molecular formula is C22H26N2O4. The first kappa shape index (κ1) is 20.0. The van der Waals surface area contributed by atoms with Gasteiger partial charge >= 0.3 is 5.97 Å². The maximum Gasteiger partial charge on any atom is 0.302 e. The minimum atomic E-state index is -0.873. The molecule has 28 heavy (non-hydrogen) atoms. The van der Waals surface area contributed by atoms with Crippen molar-refractivity contribution in [2.75, 3.05) is 13.7 Å². The van der Waals surface area contributed by atoms with E-state index in [1.165, 1.54) is 19.1 Å². The number of fused-ring (bicyclic) bond motifs is 3. The third-order valence-corrected chi connectivity index (χ3v) is 4.92. The van der Waals surface area contributed by atoms with E-state index in [2.05, 4.69) is 18.8 Å². The highest BCUT2D eigenvalue weighted by Gasteiger charge is 2.50. The van der Waals surface area contributed by atoms with Crippen LogP contribution < -0.4 is 0 Å². The number of hydrogen-bond donors (Lipinski definition) is 0. The molecule has 6 nitrogen and oxygen atoms in total. The Balaban J connectivity index is 2.01. The van der Waals surface area contributed by atoms with E-state index in [1.54, 1.807) is 0 Å². The van der Waals surface area contributed by atoms with Crippen molar-refractivity contribution in [3.8, 4) is 11.8 Å². The minimum absolute atomic E-state index is 0.177. The van der Waals surface area contributed by atoms with Gasteiger partial charge in [-0.15, -0.1) is 0 Å². The molecule has 1 atom stereocenters. The van der Waals surface area contributed by atoms with Crippen LogP contribution >= 0.6 is 0 Å². The lowest BCUT2D eigenvalue weighted by Crippen LogP contribution is -2.45. The lowest BCUT2D eigenvalue weighted by molar-refractivity contribution is -0.160. The zero-order valence-electron chi connectivity index (χ0n) is 16.7. The summed E-state index contributed by atoms with van der Waals surface area (Å²) in [6.07, 6.45) is 3.78. The summed E-state index contributed by atoms with van der Waals surface area (Å²) in [6.45, 7) is 3.85. The van der Waals surface area contributed by atoms with Gasteiger partial charge in [-0.1, -0.05) is 37.5 Å². The van der Waals surface area contributed by atoms with E-state index in [9.17, 15) is 9.59 Å². The summed E-state index contributed by atoms with van der Waals surface area (Å²) in [5.74, 6) is 6.07. The number of rotatable bonds is 7. The van der Waals surface area contributed by atoms with E-state index < -0.39 is 5.66 Å². The SMILES string of the molecule is CCCCC1(C#CCCCOC(C)=O)N(OC)C(=O)c2cc3ccccc3n21. The first-order chi connectivity index (χ1) is 13.5. The summed E-state index contributed by atoms with van der Waals surface area (Å²) >= 11 is 0. The molecule has 0 saturated heterocycles. The van der Waals surface area contributed by atoms with Gasteiger partial charge < -0.3 is 4.74 Å². The lowest BCUT2D eigenvalue weighted by atomic mass is 10.0. The highest BCUT2D eigenvalue weighted by Crippen LogP contribution is 2.41. The fourth-order valence-corrected chi connectivity index (χ4v) is 3.69. The number of carbonyl (C=O) groups excluding carboxylic acids is 2. The van der Waals surface area contributed by atoms with Gasteiger partial charge in [0.2, 0.25) is 5.66 Å². The zero-order valence-corrected chi connectivity index (χ0v) is 16.7. The molecule has 2 aromatic rings. The van der Waals surface area contributed by atoms with Crippen molar-refractivity contribution in [1.82, 2.24) is 9.63 Å². The first-order valence-corrected chi connectivity index (χ1v) is 9.68. The van der Waals surface area contributed by atoms with Gasteiger partial charge in [0.1, 0.15) is 5.69 Å².